The molecule has 4 rings (SSSR count). The van der Waals surface area contributed by atoms with Gasteiger partial charge in [0.05, 0.1) is 0 Å². The third-order valence-electron chi connectivity index (χ3n) is 7.75. The fourth-order valence-corrected chi connectivity index (χ4v) is 5.73. The van der Waals surface area contributed by atoms with Crippen molar-refractivity contribution >= 4 is 29.2 Å². The normalized spacial score (nSPS) is 17.2. The Morgan fingerprint density at radius 1 is 0.917 bits per heavy atom. The van der Waals surface area contributed by atoms with E-state index in [1.807, 2.05) is 30.3 Å². The highest BCUT2D eigenvalue weighted by atomic mass is 16.2. The predicted octanol–water partition coefficient (Wildman–Crippen LogP) is 6.26. The van der Waals surface area contributed by atoms with E-state index in [1.54, 1.807) is 4.90 Å². The van der Waals surface area contributed by atoms with Crippen molar-refractivity contribution in [3.05, 3.63) is 59.2 Å². The van der Waals surface area contributed by atoms with Crippen LogP contribution in [-0.2, 0) is 28.9 Å². The largest absolute Gasteiger partial charge is 0.332 e. The molecule has 1 spiro atoms. The molecule has 1 N–H and O–H groups in total. The van der Waals surface area contributed by atoms with Crippen molar-refractivity contribution in [3.8, 4) is 0 Å². The lowest BCUT2D eigenvalue weighted by molar-refractivity contribution is -0.134. The predicted molar refractivity (Wildman–Crippen MR) is 144 cm³/mol. The molecule has 192 valence electrons. The van der Waals surface area contributed by atoms with Crippen LogP contribution < -0.4 is 10.2 Å². The number of carbonyl (C=O) groups is 3. The standard InChI is InChI=1S/C30H39N3O3/c1-4-7-12-22-15-17-25(18-16-22)33-29(36)32(28(35)30(33)19-9-8-10-20-30)21-26(34)31-27-23(5-2)13-11-14-24(27)6-3/h11,13-18H,4-10,12,19-21H2,1-3H3,(H,31,34). The molecule has 1 saturated carbocycles. The molecule has 6 nitrogen and oxygen atoms in total. The SMILES string of the molecule is CCCCc1ccc(N2C(=O)N(CC(=O)Nc3c(CC)cccc3CC)C(=O)C23CCCCC3)cc1. The molecule has 6 heteroatoms. The van der Waals surface area contributed by atoms with Crippen molar-refractivity contribution < 1.29 is 14.4 Å². The third-order valence-corrected chi connectivity index (χ3v) is 7.75. The molecule has 0 radical (unpaired) electrons. The van der Waals surface area contributed by atoms with E-state index in [2.05, 4.69) is 38.2 Å². The second-order valence-electron chi connectivity index (χ2n) is 10.1. The fraction of sp³-hybridized carbons (Fsp3) is 0.500. The highest BCUT2D eigenvalue weighted by molar-refractivity contribution is 6.18. The Balaban J connectivity index is 1.59. The number of carbonyl (C=O) groups excluding carboxylic acids is 3. The zero-order valence-corrected chi connectivity index (χ0v) is 21.9. The van der Waals surface area contributed by atoms with Crippen LogP contribution in [0, 0.1) is 0 Å². The molecule has 1 heterocycles. The zero-order valence-electron chi connectivity index (χ0n) is 21.9. The van der Waals surface area contributed by atoms with Crippen LogP contribution in [0.5, 0.6) is 0 Å². The topological polar surface area (TPSA) is 69.7 Å². The first kappa shape index (κ1) is 25.9. The van der Waals surface area contributed by atoms with Crippen molar-refractivity contribution in [2.75, 3.05) is 16.8 Å². The molecule has 2 aromatic carbocycles. The highest BCUT2D eigenvalue weighted by Crippen LogP contribution is 2.43. The smallest absolute Gasteiger partial charge is 0.324 e. The zero-order chi connectivity index (χ0) is 25.7. The van der Waals surface area contributed by atoms with Gasteiger partial charge in [-0.15, -0.1) is 0 Å². The van der Waals surface area contributed by atoms with Gasteiger partial charge < -0.3 is 5.32 Å². The van der Waals surface area contributed by atoms with Crippen molar-refractivity contribution in [2.45, 2.75) is 90.5 Å². The molecule has 0 atom stereocenters. The second-order valence-corrected chi connectivity index (χ2v) is 10.1. The maximum atomic E-state index is 13.8. The Hall–Kier alpha value is -3.15. The Morgan fingerprint density at radius 2 is 1.56 bits per heavy atom. The summed E-state index contributed by atoms with van der Waals surface area (Å²) in [7, 11) is 0. The summed E-state index contributed by atoms with van der Waals surface area (Å²) in [5, 5.41) is 3.02. The minimum absolute atomic E-state index is 0.239. The van der Waals surface area contributed by atoms with E-state index in [-0.39, 0.29) is 18.4 Å². The number of urea groups is 1. The van der Waals surface area contributed by atoms with Crippen LogP contribution >= 0.6 is 0 Å². The van der Waals surface area contributed by atoms with E-state index in [0.29, 0.717) is 12.8 Å². The number of hydrogen-bond donors (Lipinski definition) is 1. The number of nitrogens with zero attached hydrogens (tertiary/aromatic N) is 2. The Labute approximate surface area is 215 Å². The van der Waals surface area contributed by atoms with Crippen LogP contribution in [0.25, 0.3) is 0 Å². The second kappa shape index (κ2) is 11.3. The van der Waals surface area contributed by atoms with Crippen LogP contribution in [0.2, 0.25) is 0 Å². The molecule has 4 amide bonds. The van der Waals surface area contributed by atoms with Crippen molar-refractivity contribution in [1.82, 2.24) is 4.90 Å². The average molecular weight is 490 g/mol. The summed E-state index contributed by atoms with van der Waals surface area (Å²) in [6.45, 7) is 6.00. The summed E-state index contributed by atoms with van der Waals surface area (Å²) < 4.78 is 0. The van der Waals surface area contributed by atoms with Crippen molar-refractivity contribution in [2.24, 2.45) is 0 Å². The number of para-hydroxylation sites is 1. The summed E-state index contributed by atoms with van der Waals surface area (Å²) in [4.78, 5) is 43.6. The van der Waals surface area contributed by atoms with E-state index >= 15 is 0 Å². The molecule has 0 unspecified atom stereocenters. The van der Waals surface area contributed by atoms with Crippen LogP contribution in [0.1, 0.15) is 82.4 Å². The first-order chi connectivity index (χ1) is 17.4. The van der Waals surface area contributed by atoms with Gasteiger partial charge in [0.1, 0.15) is 12.1 Å². The van der Waals surface area contributed by atoms with Crippen LogP contribution in [-0.4, -0.2) is 34.8 Å². The number of unbranched alkanes of at least 4 members (excludes halogenated alkanes) is 1. The van der Waals surface area contributed by atoms with E-state index in [4.69, 9.17) is 0 Å². The fourth-order valence-electron chi connectivity index (χ4n) is 5.73. The van der Waals surface area contributed by atoms with Gasteiger partial charge in [0.15, 0.2) is 0 Å². The molecule has 1 aliphatic heterocycles. The first-order valence-electron chi connectivity index (χ1n) is 13.6. The molecule has 0 bridgehead atoms. The van der Waals surface area contributed by atoms with Gasteiger partial charge in [-0.2, -0.15) is 0 Å². The molecule has 2 aliphatic rings. The van der Waals surface area contributed by atoms with Crippen molar-refractivity contribution in [3.63, 3.8) is 0 Å². The van der Waals surface area contributed by atoms with Gasteiger partial charge in [-0.05, 0) is 67.3 Å². The number of hydrogen-bond acceptors (Lipinski definition) is 3. The molecule has 2 aromatic rings. The number of aryl methyl sites for hydroxylation is 3. The number of amides is 4. The molecule has 36 heavy (non-hydrogen) atoms. The van der Waals surface area contributed by atoms with Gasteiger partial charge in [0.2, 0.25) is 5.91 Å². The molecule has 1 aliphatic carbocycles. The summed E-state index contributed by atoms with van der Waals surface area (Å²) in [6.07, 6.45) is 8.94. The van der Waals surface area contributed by atoms with Gasteiger partial charge in [-0.1, -0.05) is 76.8 Å². The molecular weight excluding hydrogens is 450 g/mol. The van der Waals surface area contributed by atoms with E-state index in [9.17, 15) is 14.4 Å². The third kappa shape index (κ3) is 4.91. The maximum Gasteiger partial charge on any atom is 0.332 e. The first-order valence-corrected chi connectivity index (χ1v) is 13.6. The maximum absolute atomic E-state index is 13.8. The van der Waals surface area contributed by atoms with Crippen LogP contribution in [0.15, 0.2) is 42.5 Å². The lowest BCUT2D eigenvalue weighted by Gasteiger charge is -2.38. The Kier molecular flexibility index (Phi) is 8.12. The van der Waals surface area contributed by atoms with E-state index < -0.39 is 11.6 Å². The van der Waals surface area contributed by atoms with Crippen LogP contribution in [0.3, 0.4) is 0 Å². The minimum Gasteiger partial charge on any atom is -0.324 e. The summed E-state index contributed by atoms with van der Waals surface area (Å²) in [5.41, 5.74) is 3.98. The van der Waals surface area contributed by atoms with E-state index in [0.717, 1.165) is 73.9 Å². The van der Waals surface area contributed by atoms with E-state index in [1.165, 1.54) is 10.5 Å². The Bertz CT molecular complexity index is 1080. The highest BCUT2D eigenvalue weighted by Gasteiger charge is 2.58. The molecule has 0 aromatic heterocycles. The molecular formula is C30H39N3O3. The number of imide groups is 1. The number of rotatable bonds is 9. The number of benzene rings is 2. The lowest BCUT2D eigenvalue weighted by Crippen LogP contribution is -2.51. The number of anilines is 2. The number of nitrogens with one attached hydrogen (secondary N) is 1. The van der Waals surface area contributed by atoms with Gasteiger partial charge >= 0.3 is 6.03 Å². The van der Waals surface area contributed by atoms with Gasteiger partial charge in [0, 0.05) is 11.4 Å². The molecule has 1 saturated heterocycles. The Morgan fingerprint density at radius 3 is 2.14 bits per heavy atom. The van der Waals surface area contributed by atoms with Crippen LogP contribution in [0.4, 0.5) is 16.2 Å². The monoisotopic (exact) mass is 489 g/mol. The quantitative estimate of drug-likeness (QED) is 0.422. The summed E-state index contributed by atoms with van der Waals surface area (Å²) in [6, 6.07) is 13.7. The lowest BCUT2D eigenvalue weighted by atomic mass is 9.80. The van der Waals surface area contributed by atoms with Gasteiger partial charge in [-0.3, -0.25) is 19.4 Å². The summed E-state index contributed by atoms with van der Waals surface area (Å²) >= 11 is 0. The van der Waals surface area contributed by atoms with Crippen molar-refractivity contribution in [1.29, 1.82) is 0 Å². The summed E-state index contributed by atoms with van der Waals surface area (Å²) in [5.74, 6) is -0.577. The average Bonchev–Trinajstić information content (AvgIpc) is 3.09. The minimum atomic E-state index is -0.892. The van der Waals surface area contributed by atoms with Gasteiger partial charge in [-0.25, -0.2) is 4.79 Å². The molecule has 2 fully saturated rings. The van der Waals surface area contributed by atoms with Gasteiger partial charge in [0.25, 0.3) is 5.91 Å².